The minimum atomic E-state index is 0.592. The number of allylic oxidation sites excluding steroid dienone is 2. The van der Waals surface area contributed by atoms with Gasteiger partial charge in [0.1, 0.15) is 11.0 Å². The van der Waals surface area contributed by atoms with E-state index >= 15 is 0 Å². The number of nitrogens with zero attached hydrogens (tertiary/aromatic N) is 10. The lowest BCUT2D eigenvalue weighted by molar-refractivity contribution is 0.576. The van der Waals surface area contributed by atoms with Crippen molar-refractivity contribution in [3.8, 4) is 51.2 Å². The highest BCUT2D eigenvalue weighted by Crippen LogP contribution is 2.54. The Hall–Kier alpha value is -15.0. The summed E-state index contributed by atoms with van der Waals surface area (Å²) in [5.41, 5.74) is 26.0. The van der Waals surface area contributed by atoms with E-state index in [4.69, 9.17) is 24.4 Å². The molecule has 0 unspecified atom stereocenters. The van der Waals surface area contributed by atoms with Gasteiger partial charge in [0, 0.05) is 108 Å². The highest BCUT2D eigenvalue weighted by atomic mass is 32.1. The van der Waals surface area contributed by atoms with Crippen LogP contribution in [0.4, 0.5) is 34.1 Å². The molecule has 2 aliphatic rings. The second-order valence-electron chi connectivity index (χ2n) is 29.7. The van der Waals surface area contributed by atoms with Gasteiger partial charge in [-0.1, -0.05) is 207 Å². The Bertz CT molecular complexity index is 8340. The lowest BCUT2D eigenvalue weighted by Gasteiger charge is -2.33. The summed E-state index contributed by atoms with van der Waals surface area (Å²) in [6.07, 6.45) is 4.20. The Morgan fingerprint density at radius 1 is 0.345 bits per heavy atom. The third-order valence-electron chi connectivity index (χ3n) is 23.7. The highest BCUT2D eigenvalue weighted by Gasteiger charge is 2.33. The van der Waals surface area contributed by atoms with Crippen LogP contribution in [0.5, 0.6) is 0 Å². The maximum Gasteiger partial charge on any atom is 0.235 e. The van der Waals surface area contributed by atoms with Gasteiger partial charge in [0.25, 0.3) is 0 Å². The Morgan fingerprint density at radius 2 is 0.841 bits per heavy atom. The van der Waals surface area contributed by atoms with Gasteiger partial charge in [0.15, 0.2) is 0 Å². The van der Waals surface area contributed by atoms with Gasteiger partial charge in [0.2, 0.25) is 11.9 Å². The van der Waals surface area contributed by atoms with Gasteiger partial charge in [-0.05, 0) is 152 Å². The van der Waals surface area contributed by atoms with Crippen molar-refractivity contribution in [2.75, 3.05) is 9.80 Å². The Kier molecular flexibility index (Phi) is 12.8. The minimum absolute atomic E-state index is 0.592. The van der Waals surface area contributed by atoms with Crippen LogP contribution in [-0.4, -0.2) is 38.2 Å². The molecular weight excluding hydrogens is 1400 g/mol. The number of aromatic nitrogens is 8. The molecule has 12 heteroatoms. The van der Waals surface area contributed by atoms with Crippen molar-refractivity contribution in [1.29, 1.82) is 0 Å². The van der Waals surface area contributed by atoms with E-state index < -0.39 is 0 Å². The summed E-state index contributed by atoms with van der Waals surface area (Å²) in [5, 5.41) is 15.3. The Labute approximate surface area is 648 Å². The number of anilines is 6. The zero-order valence-corrected chi connectivity index (χ0v) is 61.6. The molecule has 11 nitrogen and oxygen atoms in total. The molecular formula is C101H60N10OS. The predicted molar refractivity (Wildman–Crippen MR) is 470 cm³/mol. The lowest BCUT2D eigenvalue weighted by Crippen LogP contribution is -2.17. The normalized spacial score (nSPS) is 13.1. The topological polar surface area (TPSA) is 90.9 Å². The molecule has 10 heterocycles. The number of thiophene rings is 1. The van der Waals surface area contributed by atoms with E-state index in [-0.39, 0.29) is 0 Å². The molecule has 0 fully saturated rings. The molecule has 0 saturated carbocycles. The first kappa shape index (κ1) is 62.0. The molecule has 0 atom stereocenters. The van der Waals surface area contributed by atoms with E-state index in [1.54, 1.807) is 0 Å². The average molecular weight is 1460 g/mol. The standard InChI is InChI=1S/C101H60N10OS/c1-58(45-53-88-59(2)65-27-11-18-43-89(65)112-88)106-80-36-13-6-28-66(80)70-48-49-71-67-29-7-14-37-81(67)110(98(71)96(70)106)100-103-79-35-22-42-87-93(79)95(105-100)75-33-10-17-40-84(75)108(87)63-26-20-23-60(55-63)61-46-52-85-76(56-61)73-51-50-72-68-30-8-15-38-82(68)111(99(72)97(73)109(85)64-47-54-91-77(57-64)69-31-12-19-44-90(69)113-91)101-102-78-34-21-41-86-92(78)94(104-101)74-32-9-16-39-83(74)107(86)62-24-4-3-5-25-62/h3-57H,2H2,1H3/b58-45+,88-53+. The first-order chi connectivity index (χ1) is 55.9. The molecule has 2 aliphatic heterocycles. The molecule has 0 radical (unpaired) electrons. The van der Waals surface area contributed by atoms with Crippen molar-refractivity contribution < 1.29 is 4.42 Å². The van der Waals surface area contributed by atoms with Crippen molar-refractivity contribution in [1.82, 2.24) is 38.2 Å². The van der Waals surface area contributed by atoms with Crippen molar-refractivity contribution in [2.45, 2.75) is 6.92 Å². The molecule has 0 N–H and O–H groups in total. The molecule has 0 bridgehead atoms. The van der Waals surface area contributed by atoms with E-state index in [0.29, 0.717) is 11.9 Å². The van der Waals surface area contributed by atoms with E-state index in [9.17, 15) is 0 Å². The number of furan rings is 1. The molecule has 25 rings (SSSR count). The van der Waals surface area contributed by atoms with Crippen molar-refractivity contribution in [3.05, 3.63) is 338 Å². The number of rotatable bonds is 8. The van der Waals surface area contributed by atoms with Crippen LogP contribution in [0, 0.1) is 0 Å². The van der Waals surface area contributed by atoms with Crippen LogP contribution in [0.1, 0.15) is 6.92 Å². The average Bonchev–Trinajstić information content (AvgIpc) is 1.20. The largest absolute Gasteiger partial charge is 0.456 e. The summed E-state index contributed by atoms with van der Waals surface area (Å²) in [4.78, 5) is 27.7. The SMILES string of the molecule is C=c1/c(=C\C=C(/C)n2c3ccccc3c3ccc4c5ccccc5n(-c5nc6c7c(cccc7n5)N(c5cccc(-c7ccc8c(c7)c7ccc9c%10ccccc%10n(-c%10nc%11c%12c(cccc%12n%10)N(c%10ccccc%10)c%10ccccc%10-%11)c9c7n8-c7ccc8sc9ccccc9c8c7)c5)c5ccccc5-6)c4c32)oc2ccccc12. The number of para-hydroxylation sites is 7. The van der Waals surface area contributed by atoms with E-state index in [2.05, 4.69) is 357 Å². The van der Waals surface area contributed by atoms with Crippen LogP contribution < -0.4 is 20.4 Å². The van der Waals surface area contributed by atoms with Crippen LogP contribution in [-0.2, 0) is 0 Å². The number of hydrogen-bond acceptors (Lipinski definition) is 8. The van der Waals surface area contributed by atoms with Gasteiger partial charge < -0.3 is 23.4 Å². The first-order valence-corrected chi connectivity index (χ1v) is 39.0. The van der Waals surface area contributed by atoms with Gasteiger partial charge in [-0.15, -0.1) is 11.3 Å². The Balaban J connectivity index is 0.668. The van der Waals surface area contributed by atoms with Crippen LogP contribution >= 0.6 is 11.3 Å². The molecule has 526 valence electrons. The van der Waals surface area contributed by atoms with Gasteiger partial charge in [0.05, 0.1) is 100 Å². The summed E-state index contributed by atoms with van der Waals surface area (Å²) in [6, 6.07) is 116. The molecule has 23 aromatic rings. The number of benzene rings is 15. The molecule has 15 aromatic carbocycles. The predicted octanol–water partition coefficient (Wildman–Crippen LogP) is 25.4. The molecule has 0 amide bonds. The van der Waals surface area contributed by atoms with Crippen LogP contribution in [0.15, 0.2) is 332 Å². The fourth-order valence-electron chi connectivity index (χ4n) is 18.9. The lowest BCUT2D eigenvalue weighted by atomic mass is 9.96. The first-order valence-electron chi connectivity index (χ1n) is 38.2. The van der Waals surface area contributed by atoms with Crippen molar-refractivity contribution in [2.24, 2.45) is 0 Å². The summed E-state index contributed by atoms with van der Waals surface area (Å²) in [6.45, 7) is 6.61. The molecule has 0 spiro atoms. The van der Waals surface area contributed by atoms with E-state index in [1.807, 2.05) is 29.5 Å². The monoisotopic (exact) mass is 1460 g/mol. The third kappa shape index (κ3) is 8.72. The highest BCUT2D eigenvalue weighted by molar-refractivity contribution is 7.25. The maximum atomic E-state index is 6.39. The summed E-state index contributed by atoms with van der Waals surface area (Å²) < 4.78 is 18.4. The fraction of sp³-hybridized carbons (Fsp3) is 0.00990. The summed E-state index contributed by atoms with van der Waals surface area (Å²) in [5.74, 6) is 1.20. The molecule has 0 saturated heterocycles. The van der Waals surface area contributed by atoms with Crippen molar-refractivity contribution >= 4 is 204 Å². The Morgan fingerprint density at radius 3 is 1.51 bits per heavy atom. The summed E-state index contributed by atoms with van der Waals surface area (Å²) >= 11 is 1.84. The zero-order valence-electron chi connectivity index (χ0n) is 60.8. The van der Waals surface area contributed by atoms with Crippen LogP contribution in [0.25, 0.3) is 210 Å². The van der Waals surface area contributed by atoms with E-state index in [1.165, 1.54) is 20.2 Å². The summed E-state index contributed by atoms with van der Waals surface area (Å²) in [7, 11) is 0. The molecule has 8 aromatic heterocycles. The van der Waals surface area contributed by atoms with Crippen LogP contribution in [0.2, 0.25) is 0 Å². The second-order valence-corrected chi connectivity index (χ2v) is 30.8. The zero-order chi connectivity index (χ0) is 74.0. The van der Waals surface area contributed by atoms with Gasteiger partial charge in [-0.25, -0.2) is 19.9 Å². The van der Waals surface area contributed by atoms with Gasteiger partial charge >= 0.3 is 0 Å². The minimum Gasteiger partial charge on any atom is -0.456 e. The van der Waals surface area contributed by atoms with Gasteiger partial charge in [-0.3, -0.25) is 9.13 Å². The van der Waals surface area contributed by atoms with E-state index in [0.717, 1.165) is 210 Å². The fourth-order valence-corrected chi connectivity index (χ4v) is 20.0. The number of hydrogen-bond donors (Lipinski definition) is 0. The smallest absolute Gasteiger partial charge is 0.235 e. The molecule has 113 heavy (non-hydrogen) atoms. The third-order valence-corrected chi connectivity index (χ3v) is 24.9. The van der Waals surface area contributed by atoms with Crippen molar-refractivity contribution in [3.63, 3.8) is 0 Å². The maximum absolute atomic E-state index is 6.39. The number of fused-ring (bicyclic) bond motifs is 22. The van der Waals surface area contributed by atoms with Gasteiger partial charge in [-0.2, -0.15) is 0 Å². The molecule has 0 aliphatic carbocycles. The quantitative estimate of drug-likeness (QED) is 0.150. The van der Waals surface area contributed by atoms with Crippen LogP contribution in [0.3, 0.4) is 0 Å². The second kappa shape index (κ2) is 23.3.